The zero-order valence-electron chi connectivity index (χ0n) is 13.4. The highest BCUT2D eigenvalue weighted by Gasteiger charge is 2.08. The molecule has 20 heavy (non-hydrogen) atoms. The van der Waals surface area contributed by atoms with Gasteiger partial charge in [0.05, 0.1) is 6.61 Å². The van der Waals surface area contributed by atoms with Crippen molar-refractivity contribution in [3.63, 3.8) is 0 Å². The fourth-order valence-electron chi connectivity index (χ4n) is 2.56. The number of hydrogen-bond donors (Lipinski definition) is 0. The van der Waals surface area contributed by atoms with Crippen LogP contribution in [0.3, 0.4) is 0 Å². The molecule has 0 aromatic rings. The van der Waals surface area contributed by atoms with Crippen LogP contribution in [0.2, 0.25) is 0 Å². The van der Waals surface area contributed by atoms with E-state index in [2.05, 4.69) is 18.1 Å². The maximum atomic E-state index is 5.70. The Morgan fingerprint density at radius 1 is 1.05 bits per heavy atom. The molecule has 1 fully saturated rings. The normalized spacial score (nSPS) is 17.6. The van der Waals surface area contributed by atoms with Crippen LogP contribution in [-0.2, 0) is 4.74 Å². The minimum absolute atomic E-state index is 0.772. The molecule has 0 spiro atoms. The molecule has 0 bridgehead atoms. The minimum atomic E-state index is 0.772. The third kappa shape index (κ3) is 7.54. The first-order valence-corrected chi connectivity index (χ1v) is 7.98. The second kappa shape index (κ2) is 9.82. The van der Waals surface area contributed by atoms with Gasteiger partial charge >= 0.3 is 0 Å². The van der Waals surface area contributed by atoms with E-state index in [1.807, 2.05) is 19.9 Å². The van der Waals surface area contributed by atoms with Gasteiger partial charge in [-0.25, -0.2) is 0 Å². The lowest BCUT2D eigenvalue weighted by Crippen LogP contribution is -2.25. The van der Waals surface area contributed by atoms with Gasteiger partial charge in [-0.2, -0.15) is 0 Å². The molecule has 0 N–H and O–H groups in total. The number of rotatable bonds is 8. The van der Waals surface area contributed by atoms with Crippen LogP contribution in [0.5, 0.6) is 0 Å². The van der Waals surface area contributed by atoms with Crippen molar-refractivity contribution < 1.29 is 4.74 Å². The zero-order valence-corrected chi connectivity index (χ0v) is 13.4. The predicted octanol–water partition coefficient (Wildman–Crippen LogP) is 4.70. The van der Waals surface area contributed by atoms with Crippen LogP contribution in [-0.4, -0.2) is 31.1 Å². The maximum Gasteiger partial charge on any atom is 0.115 e. The molecule has 1 heterocycles. The van der Waals surface area contributed by atoms with Crippen molar-refractivity contribution in [2.24, 2.45) is 0 Å². The first-order valence-electron chi connectivity index (χ1n) is 7.98. The van der Waals surface area contributed by atoms with Gasteiger partial charge in [0.25, 0.3) is 0 Å². The molecule has 0 amide bonds. The highest BCUT2D eigenvalue weighted by molar-refractivity contribution is 5.28. The molecule has 0 saturated carbocycles. The van der Waals surface area contributed by atoms with E-state index in [0.717, 1.165) is 29.9 Å². The smallest absolute Gasteiger partial charge is 0.115 e. The van der Waals surface area contributed by atoms with Crippen molar-refractivity contribution in [2.75, 3.05) is 26.2 Å². The van der Waals surface area contributed by atoms with Gasteiger partial charge in [0.2, 0.25) is 0 Å². The van der Waals surface area contributed by atoms with Crippen LogP contribution in [0, 0.1) is 0 Å². The summed E-state index contributed by atoms with van der Waals surface area (Å²) in [6.07, 6.45) is 9.91. The van der Waals surface area contributed by atoms with E-state index >= 15 is 0 Å². The monoisotopic (exact) mass is 277 g/mol. The molecule has 1 saturated heterocycles. The Labute approximate surface area is 125 Å². The summed E-state index contributed by atoms with van der Waals surface area (Å²) in [6, 6.07) is 0. The Kier molecular flexibility index (Phi) is 8.36. The topological polar surface area (TPSA) is 12.5 Å². The molecule has 0 radical (unpaired) electrons. The van der Waals surface area contributed by atoms with Crippen LogP contribution in [0.1, 0.15) is 52.4 Å². The SMILES string of the molecule is C=C(C)/C=C(/C)C(=C)OCCCCN1CCCCCC1. The van der Waals surface area contributed by atoms with E-state index in [9.17, 15) is 0 Å². The minimum Gasteiger partial charge on any atom is -0.494 e. The molecule has 1 rings (SSSR count). The van der Waals surface area contributed by atoms with Crippen LogP contribution in [0.15, 0.2) is 36.1 Å². The van der Waals surface area contributed by atoms with Crippen molar-refractivity contribution in [1.82, 2.24) is 4.90 Å². The summed E-state index contributed by atoms with van der Waals surface area (Å²) in [5.74, 6) is 0.780. The average Bonchev–Trinajstić information content (AvgIpc) is 2.66. The van der Waals surface area contributed by atoms with E-state index in [4.69, 9.17) is 4.74 Å². The highest BCUT2D eigenvalue weighted by Crippen LogP contribution is 2.13. The Bertz CT molecular complexity index is 335. The summed E-state index contributed by atoms with van der Waals surface area (Å²) in [4.78, 5) is 2.61. The summed E-state index contributed by atoms with van der Waals surface area (Å²) in [5.41, 5.74) is 2.11. The third-order valence-corrected chi connectivity index (χ3v) is 3.75. The molecular weight excluding hydrogens is 246 g/mol. The summed E-state index contributed by atoms with van der Waals surface area (Å²) in [6.45, 7) is 16.4. The van der Waals surface area contributed by atoms with Crippen LogP contribution in [0.25, 0.3) is 0 Å². The molecular formula is C18H31NO. The molecule has 2 heteroatoms. The molecule has 0 aliphatic carbocycles. The molecule has 1 aliphatic heterocycles. The van der Waals surface area contributed by atoms with Crippen LogP contribution >= 0.6 is 0 Å². The predicted molar refractivity (Wildman–Crippen MR) is 87.8 cm³/mol. The van der Waals surface area contributed by atoms with Gasteiger partial charge in [-0.1, -0.05) is 37.6 Å². The van der Waals surface area contributed by atoms with Crippen molar-refractivity contribution in [1.29, 1.82) is 0 Å². The van der Waals surface area contributed by atoms with Gasteiger partial charge < -0.3 is 9.64 Å². The maximum absolute atomic E-state index is 5.70. The number of ether oxygens (including phenoxy) is 1. The number of unbranched alkanes of at least 4 members (excludes halogenated alkanes) is 1. The molecule has 1 aliphatic rings. The average molecular weight is 277 g/mol. The quantitative estimate of drug-likeness (QED) is 0.362. The standard InChI is InChI=1S/C18H31NO/c1-16(2)15-17(3)18(4)20-14-10-9-13-19-11-7-5-6-8-12-19/h15H,1,4-14H2,2-3H3/b17-15-. The van der Waals surface area contributed by atoms with Crippen molar-refractivity contribution in [3.05, 3.63) is 36.1 Å². The number of likely N-dealkylation sites (tertiary alicyclic amines) is 1. The molecule has 0 aromatic carbocycles. The fourth-order valence-corrected chi connectivity index (χ4v) is 2.56. The molecule has 0 atom stereocenters. The van der Waals surface area contributed by atoms with Gasteiger partial charge in [-0.05, 0) is 64.7 Å². The van der Waals surface area contributed by atoms with Gasteiger partial charge in [0, 0.05) is 0 Å². The largest absolute Gasteiger partial charge is 0.494 e. The molecule has 0 aromatic heterocycles. The Balaban J connectivity index is 2.09. The summed E-state index contributed by atoms with van der Waals surface area (Å²) in [7, 11) is 0. The first kappa shape index (κ1) is 17.0. The first-order chi connectivity index (χ1) is 9.59. The summed E-state index contributed by atoms with van der Waals surface area (Å²) < 4.78 is 5.70. The Morgan fingerprint density at radius 3 is 2.30 bits per heavy atom. The lowest BCUT2D eigenvalue weighted by Gasteiger charge is -2.19. The number of allylic oxidation sites excluding steroid dienone is 3. The molecule has 2 nitrogen and oxygen atoms in total. The summed E-state index contributed by atoms with van der Waals surface area (Å²) >= 11 is 0. The number of hydrogen-bond acceptors (Lipinski definition) is 2. The van der Waals surface area contributed by atoms with Gasteiger partial charge in [0.15, 0.2) is 0 Å². The molecule has 0 unspecified atom stereocenters. The lowest BCUT2D eigenvalue weighted by molar-refractivity contribution is 0.203. The van der Waals surface area contributed by atoms with Gasteiger partial charge in [0.1, 0.15) is 5.76 Å². The highest BCUT2D eigenvalue weighted by atomic mass is 16.5. The van der Waals surface area contributed by atoms with E-state index < -0.39 is 0 Å². The second-order valence-electron chi connectivity index (χ2n) is 5.91. The van der Waals surface area contributed by atoms with Gasteiger partial charge in [-0.3, -0.25) is 0 Å². The van der Waals surface area contributed by atoms with Crippen molar-refractivity contribution in [2.45, 2.75) is 52.4 Å². The number of nitrogens with zero attached hydrogens (tertiary/aromatic N) is 1. The van der Waals surface area contributed by atoms with Crippen molar-refractivity contribution >= 4 is 0 Å². The lowest BCUT2D eigenvalue weighted by atomic mass is 10.2. The zero-order chi connectivity index (χ0) is 14.8. The Morgan fingerprint density at radius 2 is 1.70 bits per heavy atom. The van der Waals surface area contributed by atoms with E-state index in [1.165, 1.54) is 51.7 Å². The van der Waals surface area contributed by atoms with E-state index in [-0.39, 0.29) is 0 Å². The second-order valence-corrected chi connectivity index (χ2v) is 5.91. The third-order valence-electron chi connectivity index (χ3n) is 3.75. The van der Waals surface area contributed by atoms with Crippen LogP contribution < -0.4 is 0 Å². The van der Waals surface area contributed by atoms with Crippen LogP contribution in [0.4, 0.5) is 0 Å². The molecule has 114 valence electrons. The Hall–Kier alpha value is -1.02. The van der Waals surface area contributed by atoms with E-state index in [0.29, 0.717) is 0 Å². The van der Waals surface area contributed by atoms with Gasteiger partial charge in [-0.15, -0.1) is 0 Å². The summed E-state index contributed by atoms with van der Waals surface area (Å²) in [5, 5.41) is 0. The fraction of sp³-hybridized carbons (Fsp3) is 0.667. The van der Waals surface area contributed by atoms with E-state index in [1.54, 1.807) is 0 Å². The van der Waals surface area contributed by atoms with Crippen molar-refractivity contribution in [3.8, 4) is 0 Å².